The van der Waals surface area contributed by atoms with Gasteiger partial charge in [0.2, 0.25) is 0 Å². The lowest BCUT2D eigenvalue weighted by Crippen LogP contribution is -2.36. The standard InChI is InChI=1S/C9H14F2O3/c1-13-8(12)9(10,11)6-7-4-2-3-5-14-7/h7H,2-6H2,1H3. The molecule has 0 saturated carbocycles. The summed E-state index contributed by atoms with van der Waals surface area (Å²) in [4.78, 5) is 10.7. The third kappa shape index (κ3) is 2.90. The van der Waals surface area contributed by atoms with Crippen molar-refractivity contribution in [3.05, 3.63) is 0 Å². The van der Waals surface area contributed by atoms with Crippen molar-refractivity contribution in [1.82, 2.24) is 0 Å². The molecule has 1 aliphatic rings. The quantitative estimate of drug-likeness (QED) is 0.663. The molecular weight excluding hydrogens is 194 g/mol. The van der Waals surface area contributed by atoms with Crippen molar-refractivity contribution < 1.29 is 23.0 Å². The highest BCUT2D eigenvalue weighted by Crippen LogP contribution is 2.27. The highest BCUT2D eigenvalue weighted by atomic mass is 19.3. The van der Waals surface area contributed by atoms with Crippen molar-refractivity contribution in [3.63, 3.8) is 0 Å². The largest absolute Gasteiger partial charge is 0.465 e. The van der Waals surface area contributed by atoms with Crippen LogP contribution in [0.1, 0.15) is 25.7 Å². The number of hydrogen-bond donors (Lipinski definition) is 0. The van der Waals surface area contributed by atoms with E-state index in [2.05, 4.69) is 4.74 Å². The predicted molar refractivity (Wildman–Crippen MR) is 45.2 cm³/mol. The number of ether oxygens (including phenoxy) is 2. The number of rotatable bonds is 3. The third-order valence-electron chi connectivity index (χ3n) is 2.24. The molecule has 0 aromatic heterocycles. The molecule has 3 nitrogen and oxygen atoms in total. The fraction of sp³-hybridized carbons (Fsp3) is 0.889. The van der Waals surface area contributed by atoms with Crippen molar-refractivity contribution in [2.45, 2.75) is 37.7 Å². The number of carbonyl (C=O) groups is 1. The maximum Gasteiger partial charge on any atom is 0.376 e. The fourth-order valence-electron chi connectivity index (χ4n) is 1.49. The summed E-state index contributed by atoms with van der Waals surface area (Å²) in [7, 11) is 0.956. The van der Waals surface area contributed by atoms with E-state index in [0.29, 0.717) is 13.0 Å². The van der Waals surface area contributed by atoms with E-state index in [1.165, 1.54) is 0 Å². The van der Waals surface area contributed by atoms with Gasteiger partial charge in [0.25, 0.3) is 0 Å². The second-order valence-corrected chi connectivity index (χ2v) is 3.39. The van der Waals surface area contributed by atoms with Gasteiger partial charge < -0.3 is 9.47 Å². The summed E-state index contributed by atoms with van der Waals surface area (Å²) in [6, 6.07) is 0. The Balaban J connectivity index is 2.44. The SMILES string of the molecule is COC(=O)C(F)(F)CC1CCCCO1. The van der Waals surface area contributed by atoms with Crippen LogP contribution >= 0.6 is 0 Å². The second kappa shape index (κ2) is 4.68. The normalized spacial score (nSPS) is 23.2. The van der Waals surface area contributed by atoms with Gasteiger partial charge in [-0.25, -0.2) is 4.79 Å². The molecule has 1 rings (SSSR count). The van der Waals surface area contributed by atoms with Gasteiger partial charge in [-0.15, -0.1) is 0 Å². The van der Waals surface area contributed by atoms with E-state index in [1.807, 2.05) is 0 Å². The first-order valence-corrected chi connectivity index (χ1v) is 4.64. The molecule has 82 valence electrons. The van der Waals surface area contributed by atoms with E-state index >= 15 is 0 Å². The Labute approximate surface area is 81.4 Å². The van der Waals surface area contributed by atoms with Crippen LogP contribution in [0.25, 0.3) is 0 Å². The van der Waals surface area contributed by atoms with Crippen molar-refractivity contribution >= 4 is 5.97 Å². The van der Waals surface area contributed by atoms with E-state index in [0.717, 1.165) is 20.0 Å². The van der Waals surface area contributed by atoms with Crippen LogP contribution in [-0.2, 0) is 14.3 Å². The van der Waals surface area contributed by atoms with Crippen LogP contribution in [0.5, 0.6) is 0 Å². The molecule has 1 saturated heterocycles. The summed E-state index contributed by atoms with van der Waals surface area (Å²) < 4.78 is 35.2. The van der Waals surface area contributed by atoms with Crippen molar-refractivity contribution in [3.8, 4) is 0 Å². The lowest BCUT2D eigenvalue weighted by atomic mass is 10.0. The van der Waals surface area contributed by atoms with Crippen LogP contribution in [0.15, 0.2) is 0 Å². The number of hydrogen-bond acceptors (Lipinski definition) is 3. The Bertz CT molecular complexity index is 200. The smallest absolute Gasteiger partial charge is 0.376 e. The molecule has 5 heteroatoms. The average Bonchev–Trinajstić information content (AvgIpc) is 2.17. The van der Waals surface area contributed by atoms with Gasteiger partial charge in [0.05, 0.1) is 13.2 Å². The van der Waals surface area contributed by atoms with Gasteiger partial charge in [0, 0.05) is 13.0 Å². The first kappa shape index (κ1) is 11.4. The molecular formula is C9H14F2O3. The number of alkyl halides is 2. The maximum absolute atomic E-state index is 13.0. The first-order chi connectivity index (χ1) is 6.56. The average molecular weight is 208 g/mol. The van der Waals surface area contributed by atoms with Gasteiger partial charge >= 0.3 is 11.9 Å². The van der Waals surface area contributed by atoms with E-state index in [1.54, 1.807) is 0 Å². The summed E-state index contributed by atoms with van der Waals surface area (Å²) in [6.07, 6.45) is 1.28. The molecule has 0 amide bonds. The second-order valence-electron chi connectivity index (χ2n) is 3.39. The summed E-state index contributed by atoms with van der Waals surface area (Å²) in [5.41, 5.74) is 0. The van der Waals surface area contributed by atoms with Crippen LogP contribution in [0.2, 0.25) is 0 Å². The van der Waals surface area contributed by atoms with Crippen LogP contribution in [0, 0.1) is 0 Å². The van der Waals surface area contributed by atoms with E-state index in [-0.39, 0.29) is 0 Å². The third-order valence-corrected chi connectivity index (χ3v) is 2.24. The van der Waals surface area contributed by atoms with Gasteiger partial charge in [0.15, 0.2) is 0 Å². The molecule has 0 radical (unpaired) electrons. The van der Waals surface area contributed by atoms with Crippen LogP contribution < -0.4 is 0 Å². The van der Waals surface area contributed by atoms with Crippen LogP contribution in [-0.4, -0.2) is 31.7 Å². The molecule has 1 aliphatic heterocycles. The van der Waals surface area contributed by atoms with Crippen molar-refractivity contribution in [1.29, 1.82) is 0 Å². The lowest BCUT2D eigenvalue weighted by Gasteiger charge is -2.25. The van der Waals surface area contributed by atoms with Crippen LogP contribution in [0.4, 0.5) is 8.78 Å². The molecule has 1 heterocycles. The Morgan fingerprint density at radius 2 is 2.29 bits per heavy atom. The number of methoxy groups -OCH3 is 1. The van der Waals surface area contributed by atoms with Crippen molar-refractivity contribution in [2.24, 2.45) is 0 Å². The molecule has 0 aromatic carbocycles. The van der Waals surface area contributed by atoms with Gasteiger partial charge in [-0.1, -0.05) is 0 Å². The zero-order chi connectivity index (χ0) is 10.6. The van der Waals surface area contributed by atoms with Gasteiger partial charge in [-0.05, 0) is 19.3 Å². The molecule has 1 atom stereocenters. The fourth-order valence-corrected chi connectivity index (χ4v) is 1.49. The highest BCUT2D eigenvalue weighted by molar-refractivity contribution is 5.77. The minimum Gasteiger partial charge on any atom is -0.465 e. The summed E-state index contributed by atoms with van der Waals surface area (Å²) in [5.74, 6) is -4.90. The maximum atomic E-state index is 13.0. The van der Waals surface area contributed by atoms with Crippen LogP contribution in [0.3, 0.4) is 0 Å². The molecule has 0 bridgehead atoms. The van der Waals surface area contributed by atoms with Gasteiger partial charge in [0.1, 0.15) is 0 Å². The molecule has 1 unspecified atom stereocenters. The number of carbonyl (C=O) groups excluding carboxylic acids is 1. The molecule has 1 fully saturated rings. The topological polar surface area (TPSA) is 35.5 Å². The zero-order valence-electron chi connectivity index (χ0n) is 8.09. The molecule has 14 heavy (non-hydrogen) atoms. The summed E-state index contributed by atoms with van der Waals surface area (Å²) in [6.45, 7) is 0.502. The zero-order valence-corrected chi connectivity index (χ0v) is 8.09. The number of esters is 1. The minimum absolute atomic E-state index is 0.502. The monoisotopic (exact) mass is 208 g/mol. The first-order valence-electron chi connectivity index (χ1n) is 4.64. The molecule has 0 aliphatic carbocycles. The molecule has 0 aromatic rings. The summed E-state index contributed by atoms with van der Waals surface area (Å²) in [5, 5.41) is 0. The van der Waals surface area contributed by atoms with E-state index < -0.39 is 24.4 Å². The van der Waals surface area contributed by atoms with Gasteiger partial charge in [-0.3, -0.25) is 0 Å². The predicted octanol–water partition coefficient (Wildman–Crippen LogP) is 1.75. The Kier molecular flexibility index (Phi) is 3.80. The Morgan fingerprint density at radius 1 is 1.57 bits per heavy atom. The van der Waals surface area contributed by atoms with Crippen molar-refractivity contribution in [2.75, 3.05) is 13.7 Å². The Morgan fingerprint density at radius 3 is 2.79 bits per heavy atom. The summed E-state index contributed by atoms with van der Waals surface area (Å²) >= 11 is 0. The van der Waals surface area contributed by atoms with E-state index in [4.69, 9.17) is 4.74 Å². The minimum atomic E-state index is -3.42. The number of halogens is 2. The molecule has 0 spiro atoms. The van der Waals surface area contributed by atoms with Gasteiger partial charge in [-0.2, -0.15) is 8.78 Å². The molecule has 0 N–H and O–H groups in total. The Hall–Kier alpha value is -0.710. The lowest BCUT2D eigenvalue weighted by molar-refractivity contribution is -0.175. The highest BCUT2D eigenvalue weighted by Gasteiger charge is 2.42. The van der Waals surface area contributed by atoms with E-state index in [9.17, 15) is 13.6 Å².